The second-order valence-electron chi connectivity index (χ2n) is 3.83. The highest BCUT2D eigenvalue weighted by molar-refractivity contribution is 5.89. The third kappa shape index (κ3) is 3.29. The molecule has 0 aliphatic heterocycles. The van der Waals surface area contributed by atoms with E-state index < -0.39 is 5.97 Å². The molecule has 0 spiro atoms. The Morgan fingerprint density at radius 3 is 2.89 bits per heavy atom. The molecule has 2 aromatic rings. The fourth-order valence-corrected chi connectivity index (χ4v) is 1.57. The van der Waals surface area contributed by atoms with Gasteiger partial charge in [0.15, 0.2) is 0 Å². The van der Waals surface area contributed by atoms with Gasteiger partial charge in [-0.3, -0.25) is 0 Å². The molecule has 2 rings (SSSR count). The summed E-state index contributed by atoms with van der Waals surface area (Å²) in [6.07, 6.45) is 1.49. The Hall–Kier alpha value is -2.40. The first-order valence-corrected chi connectivity index (χ1v) is 5.74. The Bertz CT molecular complexity index is 584. The van der Waals surface area contributed by atoms with Crippen molar-refractivity contribution < 1.29 is 14.3 Å². The van der Waals surface area contributed by atoms with Crippen LogP contribution in [0, 0.1) is 0 Å². The van der Waals surface area contributed by atoms with E-state index in [-0.39, 0.29) is 0 Å². The molecule has 19 heavy (non-hydrogen) atoms. The van der Waals surface area contributed by atoms with Crippen LogP contribution >= 0.6 is 0 Å². The second kappa shape index (κ2) is 5.97. The van der Waals surface area contributed by atoms with Gasteiger partial charge in [-0.2, -0.15) is 0 Å². The van der Waals surface area contributed by atoms with E-state index in [9.17, 15) is 4.79 Å². The van der Waals surface area contributed by atoms with Gasteiger partial charge < -0.3 is 15.2 Å². The third-order valence-corrected chi connectivity index (χ3v) is 2.51. The topological polar surface area (TPSA) is 74.4 Å². The van der Waals surface area contributed by atoms with Crippen LogP contribution in [0.1, 0.15) is 15.9 Å². The molecule has 0 atom stereocenters. The molecule has 0 saturated heterocycles. The number of benzene rings is 1. The zero-order chi connectivity index (χ0) is 13.7. The number of methoxy groups -OCH3 is 1. The fourth-order valence-electron chi connectivity index (χ4n) is 1.57. The molecule has 1 aromatic carbocycles. The summed E-state index contributed by atoms with van der Waals surface area (Å²) in [5, 5.41) is 0. The molecule has 1 heterocycles. The number of nitrogens with zero attached hydrogens (tertiary/aromatic N) is 1. The zero-order valence-corrected chi connectivity index (χ0v) is 10.5. The number of hydrogen-bond acceptors (Lipinski definition) is 5. The molecule has 0 unspecified atom stereocenters. The Balaban J connectivity index is 2.20. The Labute approximate surface area is 111 Å². The molecule has 0 aliphatic rings. The van der Waals surface area contributed by atoms with Crippen molar-refractivity contribution in [3.8, 4) is 11.6 Å². The largest absolute Gasteiger partial charge is 0.465 e. The van der Waals surface area contributed by atoms with Crippen LogP contribution in [-0.2, 0) is 11.3 Å². The lowest BCUT2D eigenvalue weighted by molar-refractivity contribution is 0.0600. The first-order chi connectivity index (χ1) is 9.22. The van der Waals surface area contributed by atoms with Crippen LogP contribution in [0.2, 0.25) is 0 Å². The van der Waals surface area contributed by atoms with Crippen LogP contribution in [-0.4, -0.2) is 18.1 Å². The molecule has 5 nitrogen and oxygen atoms in total. The Kier molecular flexibility index (Phi) is 4.10. The Morgan fingerprint density at radius 2 is 2.16 bits per heavy atom. The predicted molar refractivity (Wildman–Crippen MR) is 70.0 cm³/mol. The van der Waals surface area contributed by atoms with E-state index >= 15 is 0 Å². The molecule has 1 aromatic heterocycles. The van der Waals surface area contributed by atoms with Crippen molar-refractivity contribution in [2.45, 2.75) is 6.54 Å². The minimum absolute atomic E-state index is 0.331. The summed E-state index contributed by atoms with van der Waals surface area (Å²) in [5.41, 5.74) is 6.91. The Morgan fingerprint density at radius 1 is 1.32 bits per heavy atom. The molecule has 0 saturated carbocycles. The lowest BCUT2D eigenvalue weighted by Gasteiger charge is -2.07. The van der Waals surface area contributed by atoms with Crippen LogP contribution in [0.25, 0.3) is 0 Å². The lowest BCUT2D eigenvalue weighted by atomic mass is 10.2. The summed E-state index contributed by atoms with van der Waals surface area (Å²) in [7, 11) is 1.33. The van der Waals surface area contributed by atoms with Crippen molar-refractivity contribution in [3.05, 3.63) is 53.7 Å². The van der Waals surface area contributed by atoms with Gasteiger partial charge in [-0.15, -0.1) is 0 Å². The van der Waals surface area contributed by atoms with Crippen LogP contribution in [0.5, 0.6) is 11.6 Å². The van der Waals surface area contributed by atoms with Crippen molar-refractivity contribution >= 4 is 5.97 Å². The van der Waals surface area contributed by atoms with Crippen molar-refractivity contribution in [1.82, 2.24) is 4.98 Å². The molecule has 98 valence electrons. The molecule has 5 heteroatoms. The third-order valence-electron chi connectivity index (χ3n) is 2.51. The SMILES string of the molecule is COC(=O)c1ccnc(Oc2cccc(CN)c2)c1. The zero-order valence-electron chi connectivity index (χ0n) is 10.5. The summed E-state index contributed by atoms with van der Waals surface area (Å²) in [4.78, 5) is 15.4. The minimum atomic E-state index is -0.428. The lowest BCUT2D eigenvalue weighted by Crippen LogP contribution is -2.02. The molecule has 2 N–H and O–H groups in total. The van der Waals surface area contributed by atoms with E-state index in [0.717, 1.165) is 5.56 Å². The van der Waals surface area contributed by atoms with Crippen LogP contribution in [0.3, 0.4) is 0 Å². The first kappa shape index (κ1) is 13.0. The van der Waals surface area contributed by atoms with E-state index in [1.807, 2.05) is 18.2 Å². The van der Waals surface area contributed by atoms with E-state index in [0.29, 0.717) is 23.7 Å². The van der Waals surface area contributed by atoms with Gasteiger partial charge in [-0.05, 0) is 23.8 Å². The number of hydrogen-bond donors (Lipinski definition) is 1. The maximum atomic E-state index is 11.4. The standard InChI is InChI=1S/C14H14N2O3/c1-18-14(17)11-5-6-16-13(8-11)19-12-4-2-3-10(7-12)9-15/h2-8H,9,15H2,1H3. The number of carbonyl (C=O) groups is 1. The van der Waals surface area contributed by atoms with Gasteiger partial charge in [0.1, 0.15) is 5.75 Å². The van der Waals surface area contributed by atoms with Crippen molar-refractivity contribution in [2.24, 2.45) is 5.73 Å². The summed E-state index contributed by atoms with van der Waals surface area (Å²) in [5.74, 6) is 0.525. The first-order valence-electron chi connectivity index (χ1n) is 5.74. The monoisotopic (exact) mass is 258 g/mol. The number of esters is 1. The maximum Gasteiger partial charge on any atom is 0.338 e. The van der Waals surface area contributed by atoms with Gasteiger partial charge in [-0.1, -0.05) is 12.1 Å². The van der Waals surface area contributed by atoms with Gasteiger partial charge in [0.2, 0.25) is 5.88 Å². The molecular weight excluding hydrogens is 244 g/mol. The summed E-state index contributed by atoms with van der Waals surface area (Å²) in [6.45, 7) is 0.437. The number of ether oxygens (including phenoxy) is 2. The smallest absolute Gasteiger partial charge is 0.338 e. The van der Waals surface area contributed by atoms with Gasteiger partial charge in [0.25, 0.3) is 0 Å². The summed E-state index contributed by atoms with van der Waals surface area (Å²) < 4.78 is 10.2. The molecular formula is C14H14N2O3. The summed E-state index contributed by atoms with van der Waals surface area (Å²) >= 11 is 0. The van der Waals surface area contributed by atoms with Crippen LogP contribution < -0.4 is 10.5 Å². The molecule has 0 radical (unpaired) electrons. The van der Waals surface area contributed by atoms with E-state index in [4.69, 9.17) is 10.5 Å². The van der Waals surface area contributed by atoms with Gasteiger partial charge >= 0.3 is 5.97 Å². The van der Waals surface area contributed by atoms with E-state index in [2.05, 4.69) is 9.72 Å². The highest BCUT2D eigenvalue weighted by atomic mass is 16.5. The summed E-state index contributed by atoms with van der Waals surface area (Å²) in [6, 6.07) is 10.5. The highest BCUT2D eigenvalue weighted by Crippen LogP contribution is 2.21. The maximum absolute atomic E-state index is 11.4. The highest BCUT2D eigenvalue weighted by Gasteiger charge is 2.07. The fraction of sp³-hybridized carbons (Fsp3) is 0.143. The van der Waals surface area contributed by atoms with E-state index in [1.165, 1.54) is 19.4 Å². The van der Waals surface area contributed by atoms with Crippen molar-refractivity contribution in [1.29, 1.82) is 0 Å². The normalized spacial score (nSPS) is 10.0. The van der Waals surface area contributed by atoms with Crippen molar-refractivity contribution in [2.75, 3.05) is 7.11 Å². The van der Waals surface area contributed by atoms with E-state index in [1.54, 1.807) is 12.1 Å². The molecule has 0 fully saturated rings. The minimum Gasteiger partial charge on any atom is -0.465 e. The number of nitrogens with two attached hydrogens (primary N) is 1. The predicted octanol–water partition coefficient (Wildman–Crippen LogP) is 2.12. The number of aromatic nitrogens is 1. The van der Waals surface area contributed by atoms with Crippen molar-refractivity contribution in [3.63, 3.8) is 0 Å². The average Bonchev–Trinajstić information content (AvgIpc) is 2.47. The molecule has 0 aliphatic carbocycles. The number of pyridine rings is 1. The average molecular weight is 258 g/mol. The number of carbonyl (C=O) groups excluding carboxylic acids is 1. The number of rotatable bonds is 4. The van der Waals surface area contributed by atoms with Crippen LogP contribution in [0.15, 0.2) is 42.6 Å². The van der Waals surface area contributed by atoms with Gasteiger partial charge in [-0.25, -0.2) is 9.78 Å². The molecule has 0 bridgehead atoms. The molecule has 0 amide bonds. The second-order valence-corrected chi connectivity index (χ2v) is 3.83. The quantitative estimate of drug-likeness (QED) is 0.850. The van der Waals surface area contributed by atoms with Crippen LogP contribution in [0.4, 0.5) is 0 Å². The van der Waals surface area contributed by atoms with Gasteiger partial charge in [0, 0.05) is 18.8 Å². The van der Waals surface area contributed by atoms with Gasteiger partial charge in [0.05, 0.1) is 12.7 Å².